The molecule has 22 heavy (non-hydrogen) atoms. The van der Waals surface area contributed by atoms with Crippen molar-refractivity contribution in [2.75, 3.05) is 10.6 Å². The van der Waals surface area contributed by atoms with Gasteiger partial charge in [-0.05, 0) is 35.0 Å². The molecule has 0 aliphatic carbocycles. The van der Waals surface area contributed by atoms with Crippen LogP contribution in [0.15, 0.2) is 45.7 Å². The van der Waals surface area contributed by atoms with Crippen LogP contribution in [0, 0.1) is 6.92 Å². The first-order valence-corrected chi connectivity index (χ1v) is 8.10. The highest BCUT2D eigenvalue weighted by Crippen LogP contribution is 2.20. The number of hydrogen-bond donors (Lipinski definition) is 2. The summed E-state index contributed by atoms with van der Waals surface area (Å²) in [6, 6.07) is 11.1. The summed E-state index contributed by atoms with van der Waals surface area (Å²) < 4.78 is 2.40. The van der Waals surface area contributed by atoms with Crippen molar-refractivity contribution >= 4 is 44.9 Å². The summed E-state index contributed by atoms with van der Waals surface area (Å²) in [5.41, 5.74) is 1.69. The number of aryl methyl sites for hydroxylation is 1. The Labute approximate surface area is 139 Å². The number of benzene rings is 1. The van der Waals surface area contributed by atoms with Gasteiger partial charge in [-0.2, -0.15) is 5.10 Å². The lowest BCUT2D eigenvalue weighted by Crippen LogP contribution is -2.21. The quantitative estimate of drug-likeness (QED) is 0.723. The Kier molecular flexibility index (Phi) is 4.21. The fraction of sp³-hybridized carbons (Fsp3) is 0.0714. The summed E-state index contributed by atoms with van der Waals surface area (Å²) >= 11 is 4.66. The lowest BCUT2D eigenvalue weighted by molar-refractivity contribution is 0.262. The second-order valence-corrected chi connectivity index (χ2v) is 6.62. The van der Waals surface area contributed by atoms with Crippen LogP contribution in [-0.4, -0.2) is 20.8 Å². The molecule has 0 atom stereocenters. The Morgan fingerprint density at radius 1 is 1.27 bits per heavy atom. The largest absolute Gasteiger partial charge is 0.326 e. The van der Waals surface area contributed by atoms with Crippen LogP contribution >= 0.6 is 27.3 Å². The van der Waals surface area contributed by atoms with Crippen molar-refractivity contribution in [2.45, 2.75) is 6.92 Å². The number of anilines is 2. The number of urea groups is 1. The minimum Gasteiger partial charge on any atom is -0.292 e. The van der Waals surface area contributed by atoms with Crippen LogP contribution in [0.5, 0.6) is 0 Å². The van der Waals surface area contributed by atoms with E-state index in [9.17, 15) is 4.79 Å². The molecule has 0 radical (unpaired) electrons. The van der Waals surface area contributed by atoms with E-state index < -0.39 is 0 Å². The van der Waals surface area contributed by atoms with Gasteiger partial charge in [-0.1, -0.05) is 18.2 Å². The number of hydrogen-bond acceptors (Lipinski definition) is 4. The minimum absolute atomic E-state index is 0.366. The third-order valence-electron chi connectivity index (χ3n) is 2.79. The van der Waals surface area contributed by atoms with Crippen LogP contribution in [0.2, 0.25) is 0 Å². The van der Waals surface area contributed by atoms with Gasteiger partial charge in [0.15, 0.2) is 3.92 Å². The number of nitrogens with zero attached hydrogens (tertiary/aromatic N) is 3. The molecule has 1 aromatic carbocycles. The van der Waals surface area contributed by atoms with Crippen LogP contribution in [0.1, 0.15) is 5.69 Å². The number of amides is 2. The number of halogens is 1. The van der Waals surface area contributed by atoms with Gasteiger partial charge in [0, 0.05) is 11.4 Å². The molecule has 6 nitrogen and oxygen atoms in total. The van der Waals surface area contributed by atoms with Crippen LogP contribution < -0.4 is 10.6 Å². The predicted octanol–water partition coefficient (Wildman–Crippen LogP) is 4.04. The molecule has 0 unspecified atom stereocenters. The highest BCUT2D eigenvalue weighted by molar-refractivity contribution is 9.11. The third-order valence-corrected chi connectivity index (χ3v) is 4.16. The first-order chi connectivity index (χ1) is 10.6. The third kappa shape index (κ3) is 3.34. The fourth-order valence-electron chi connectivity index (χ4n) is 1.93. The smallest absolute Gasteiger partial charge is 0.292 e. The lowest BCUT2D eigenvalue weighted by atomic mass is 10.3. The van der Waals surface area contributed by atoms with Gasteiger partial charge in [-0.25, -0.2) is 14.5 Å². The van der Waals surface area contributed by atoms with Gasteiger partial charge in [0.25, 0.3) is 0 Å². The van der Waals surface area contributed by atoms with Gasteiger partial charge in [-0.15, -0.1) is 11.3 Å². The number of aromatic nitrogens is 3. The van der Waals surface area contributed by atoms with E-state index in [-0.39, 0.29) is 6.03 Å². The summed E-state index contributed by atoms with van der Waals surface area (Å²) in [4.78, 5) is 16.2. The average molecular weight is 378 g/mol. The topological polar surface area (TPSA) is 71.8 Å². The molecule has 0 fully saturated rings. The summed E-state index contributed by atoms with van der Waals surface area (Å²) in [5, 5.41) is 11.6. The average Bonchev–Trinajstić information content (AvgIpc) is 3.06. The predicted molar refractivity (Wildman–Crippen MR) is 90.8 cm³/mol. The normalized spacial score (nSPS) is 10.5. The molecule has 0 aliphatic heterocycles. The van der Waals surface area contributed by atoms with Crippen molar-refractivity contribution in [1.82, 2.24) is 14.8 Å². The van der Waals surface area contributed by atoms with Gasteiger partial charge in [0.1, 0.15) is 11.6 Å². The van der Waals surface area contributed by atoms with Crippen molar-refractivity contribution in [2.24, 2.45) is 0 Å². The first-order valence-electron chi connectivity index (χ1n) is 6.43. The molecule has 8 heteroatoms. The van der Waals surface area contributed by atoms with Crippen molar-refractivity contribution in [1.29, 1.82) is 0 Å². The van der Waals surface area contributed by atoms with Crippen LogP contribution in [0.4, 0.5) is 16.4 Å². The monoisotopic (exact) mass is 377 g/mol. The highest BCUT2D eigenvalue weighted by atomic mass is 79.9. The maximum absolute atomic E-state index is 12.1. The zero-order valence-electron chi connectivity index (χ0n) is 11.6. The Morgan fingerprint density at radius 2 is 2.05 bits per heavy atom. The van der Waals surface area contributed by atoms with Crippen molar-refractivity contribution in [3.8, 4) is 5.69 Å². The van der Waals surface area contributed by atoms with Crippen LogP contribution in [0.3, 0.4) is 0 Å². The summed E-state index contributed by atoms with van der Waals surface area (Å²) in [7, 11) is 0. The Morgan fingerprint density at radius 3 is 2.73 bits per heavy atom. The van der Waals surface area contributed by atoms with E-state index in [2.05, 4.69) is 36.6 Å². The molecule has 2 aromatic heterocycles. The van der Waals surface area contributed by atoms with Gasteiger partial charge in [0.05, 0.1) is 11.4 Å². The maximum atomic E-state index is 12.1. The zero-order chi connectivity index (χ0) is 15.5. The van der Waals surface area contributed by atoms with Crippen LogP contribution in [-0.2, 0) is 0 Å². The Hall–Kier alpha value is -2.19. The van der Waals surface area contributed by atoms with E-state index in [1.165, 1.54) is 11.3 Å². The first kappa shape index (κ1) is 14.7. The maximum Gasteiger partial charge on any atom is 0.326 e. The molecular weight excluding hydrogens is 366 g/mol. The molecule has 0 saturated heterocycles. The van der Waals surface area contributed by atoms with E-state index in [0.717, 1.165) is 11.4 Å². The highest BCUT2D eigenvalue weighted by Gasteiger charge is 2.11. The number of carbonyl (C=O) groups excluding carboxylic acids is 1. The number of rotatable bonds is 3. The molecule has 0 aliphatic rings. The van der Waals surface area contributed by atoms with Crippen molar-refractivity contribution < 1.29 is 4.79 Å². The second-order valence-electron chi connectivity index (χ2n) is 4.48. The number of carbonyl (C=O) groups is 1. The molecule has 3 aromatic rings. The standard InChI is InChI=1S/C14H12BrN5OS/c1-9-7-12(20(19-9)10-5-3-2-4-6-10)18-14(21)17-11-8-22-13(15)16-11/h2-8H,1H3,(H2,17,18,21). The number of nitrogens with one attached hydrogen (secondary N) is 2. The molecule has 0 bridgehead atoms. The lowest BCUT2D eigenvalue weighted by Gasteiger charge is -2.08. The zero-order valence-corrected chi connectivity index (χ0v) is 14.0. The number of para-hydroxylation sites is 1. The van der Waals surface area contributed by atoms with Crippen molar-refractivity contribution in [3.05, 3.63) is 51.4 Å². The molecule has 3 rings (SSSR count). The van der Waals surface area contributed by atoms with Gasteiger partial charge >= 0.3 is 6.03 Å². The van der Waals surface area contributed by atoms with Crippen molar-refractivity contribution in [3.63, 3.8) is 0 Å². The summed E-state index contributed by atoms with van der Waals surface area (Å²) in [5.74, 6) is 1.09. The van der Waals surface area contributed by atoms with E-state index in [1.54, 1.807) is 10.1 Å². The molecular formula is C14H12BrN5OS. The summed E-state index contributed by atoms with van der Waals surface area (Å²) in [6.07, 6.45) is 0. The summed E-state index contributed by atoms with van der Waals surface area (Å²) in [6.45, 7) is 1.88. The van der Waals surface area contributed by atoms with Crippen LogP contribution in [0.25, 0.3) is 5.69 Å². The van der Waals surface area contributed by atoms with Gasteiger partial charge in [-0.3, -0.25) is 10.6 Å². The van der Waals surface area contributed by atoms with Gasteiger partial charge < -0.3 is 0 Å². The van der Waals surface area contributed by atoms with E-state index >= 15 is 0 Å². The fourth-order valence-corrected chi connectivity index (χ4v) is 2.87. The van der Waals surface area contributed by atoms with E-state index in [0.29, 0.717) is 15.6 Å². The minimum atomic E-state index is -0.366. The van der Waals surface area contributed by atoms with E-state index in [4.69, 9.17) is 0 Å². The second kappa shape index (κ2) is 6.29. The molecule has 2 N–H and O–H groups in total. The Balaban J connectivity index is 1.79. The molecule has 2 heterocycles. The molecule has 0 spiro atoms. The van der Waals surface area contributed by atoms with E-state index in [1.807, 2.05) is 43.3 Å². The molecule has 0 saturated carbocycles. The molecule has 2 amide bonds. The SMILES string of the molecule is Cc1cc(NC(=O)Nc2csc(Br)n2)n(-c2ccccc2)n1. The Bertz CT molecular complexity index is 799. The number of thiazole rings is 1. The van der Waals surface area contributed by atoms with Gasteiger partial charge in [0.2, 0.25) is 0 Å². The molecule has 112 valence electrons.